The van der Waals surface area contributed by atoms with Crippen molar-refractivity contribution in [2.75, 3.05) is 10.6 Å². The maximum Gasteiger partial charge on any atom is 0.230 e. The number of benzene rings is 1. The van der Waals surface area contributed by atoms with E-state index in [0.717, 1.165) is 0 Å². The van der Waals surface area contributed by atoms with Crippen LogP contribution < -0.4 is 10.6 Å². The van der Waals surface area contributed by atoms with Crippen molar-refractivity contribution in [3.05, 3.63) is 65.6 Å². The fraction of sp³-hybridized carbons (Fsp3) is 0.0625. The van der Waals surface area contributed by atoms with Crippen molar-refractivity contribution in [3.63, 3.8) is 0 Å². The van der Waals surface area contributed by atoms with E-state index in [-0.39, 0.29) is 12.3 Å². The summed E-state index contributed by atoms with van der Waals surface area (Å²) >= 11 is 1.39. The van der Waals surface area contributed by atoms with Gasteiger partial charge < -0.3 is 10.6 Å². The Morgan fingerprint density at radius 2 is 2.13 bits per heavy atom. The van der Waals surface area contributed by atoms with Gasteiger partial charge in [-0.15, -0.1) is 11.3 Å². The second kappa shape index (κ2) is 6.97. The lowest BCUT2D eigenvalue weighted by Crippen LogP contribution is -2.14. The molecule has 0 fully saturated rings. The molecule has 23 heavy (non-hydrogen) atoms. The number of rotatable bonds is 5. The minimum atomic E-state index is -0.390. The molecule has 0 radical (unpaired) electrons. The molecule has 0 saturated heterocycles. The van der Waals surface area contributed by atoms with Gasteiger partial charge in [-0.25, -0.2) is 14.4 Å². The van der Waals surface area contributed by atoms with Crippen molar-refractivity contribution < 1.29 is 9.18 Å². The van der Waals surface area contributed by atoms with E-state index in [1.54, 1.807) is 23.7 Å². The van der Waals surface area contributed by atoms with E-state index in [2.05, 4.69) is 20.6 Å². The molecule has 7 heteroatoms. The molecule has 2 heterocycles. The SMILES string of the molecule is O=C(Cc1csc(Nc2ccccn2)n1)Nc1cccc(F)c1. The van der Waals surface area contributed by atoms with Crippen molar-refractivity contribution in [2.24, 2.45) is 0 Å². The second-order valence-electron chi connectivity index (χ2n) is 4.72. The van der Waals surface area contributed by atoms with Crippen LogP contribution in [0.15, 0.2) is 54.0 Å². The molecule has 2 aromatic heterocycles. The molecule has 0 saturated carbocycles. The quantitative estimate of drug-likeness (QED) is 0.751. The number of hydrogen-bond donors (Lipinski definition) is 2. The molecule has 0 unspecified atom stereocenters. The lowest BCUT2D eigenvalue weighted by atomic mass is 10.3. The van der Waals surface area contributed by atoms with Crippen LogP contribution in [0.1, 0.15) is 5.69 Å². The van der Waals surface area contributed by atoms with E-state index >= 15 is 0 Å². The van der Waals surface area contributed by atoms with Gasteiger partial charge in [-0.05, 0) is 30.3 Å². The Hall–Kier alpha value is -2.80. The molecular formula is C16H13FN4OS. The Morgan fingerprint density at radius 1 is 1.22 bits per heavy atom. The van der Waals surface area contributed by atoms with E-state index in [1.165, 1.54) is 23.5 Å². The molecule has 0 bridgehead atoms. The van der Waals surface area contributed by atoms with Crippen LogP contribution in [-0.4, -0.2) is 15.9 Å². The summed E-state index contributed by atoms with van der Waals surface area (Å²) in [6.45, 7) is 0. The van der Waals surface area contributed by atoms with Crippen LogP contribution in [0.5, 0.6) is 0 Å². The van der Waals surface area contributed by atoms with Crippen LogP contribution in [-0.2, 0) is 11.2 Å². The molecular weight excluding hydrogens is 315 g/mol. The normalized spacial score (nSPS) is 10.3. The average molecular weight is 328 g/mol. The highest BCUT2D eigenvalue weighted by atomic mass is 32.1. The highest BCUT2D eigenvalue weighted by Gasteiger charge is 2.09. The Labute approximate surface area is 136 Å². The number of amides is 1. The maximum atomic E-state index is 13.1. The minimum Gasteiger partial charge on any atom is -0.326 e. The van der Waals surface area contributed by atoms with Gasteiger partial charge in [0.1, 0.15) is 11.6 Å². The number of thiazole rings is 1. The summed E-state index contributed by atoms with van der Waals surface area (Å²) in [5, 5.41) is 8.18. The third kappa shape index (κ3) is 4.33. The van der Waals surface area contributed by atoms with Gasteiger partial charge in [0.15, 0.2) is 5.13 Å². The third-order valence-corrected chi connectivity index (χ3v) is 3.71. The number of hydrogen-bond acceptors (Lipinski definition) is 5. The van der Waals surface area contributed by atoms with Crippen molar-refractivity contribution in [3.8, 4) is 0 Å². The lowest BCUT2D eigenvalue weighted by Gasteiger charge is -2.03. The summed E-state index contributed by atoms with van der Waals surface area (Å²) in [6.07, 6.45) is 1.81. The zero-order valence-electron chi connectivity index (χ0n) is 12.0. The van der Waals surface area contributed by atoms with E-state index in [4.69, 9.17) is 0 Å². The predicted octanol–water partition coefficient (Wildman–Crippen LogP) is 3.60. The van der Waals surface area contributed by atoms with Gasteiger partial charge in [-0.2, -0.15) is 0 Å². The van der Waals surface area contributed by atoms with Crippen LogP contribution in [0, 0.1) is 5.82 Å². The molecule has 0 atom stereocenters. The summed E-state index contributed by atoms with van der Waals surface area (Å²) in [5.74, 6) is 0.0567. The van der Waals surface area contributed by atoms with Gasteiger partial charge in [0, 0.05) is 17.3 Å². The molecule has 0 aliphatic heterocycles. The van der Waals surface area contributed by atoms with Crippen LogP contribution >= 0.6 is 11.3 Å². The van der Waals surface area contributed by atoms with E-state index in [9.17, 15) is 9.18 Å². The van der Waals surface area contributed by atoms with E-state index in [1.807, 2.05) is 18.2 Å². The number of pyridine rings is 1. The number of anilines is 3. The third-order valence-electron chi connectivity index (χ3n) is 2.90. The van der Waals surface area contributed by atoms with Crippen molar-refractivity contribution in [1.29, 1.82) is 0 Å². The minimum absolute atomic E-state index is 0.122. The lowest BCUT2D eigenvalue weighted by molar-refractivity contribution is -0.115. The van der Waals surface area contributed by atoms with Crippen LogP contribution in [0.25, 0.3) is 0 Å². The first-order valence-corrected chi connectivity index (χ1v) is 7.75. The Kier molecular flexibility index (Phi) is 4.58. The summed E-state index contributed by atoms with van der Waals surface area (Å²) in [7, 11) is 0. The molecule has 3 aromatic rings. The van der Waals surface area contributed by atoms with Crippen molar-refractivity contribution >= 4 is 33.9 Å². The fourth-order valence-electron chi connectivity index (χ4n) is 1.93. The summed E-state index contributed by atoms with van der Waals surface area (Å²) in [6, 6.07) is 11.3. The zero-order chi connectivity index (χ0) is 16.1. The topological polar surface area (TPSA) is 66.9 Å². The molecule has 1 amide bonds. The second-order valence-corrected chi connectivity index (χ2v) is 5.58. The summed E-state index contributed by atoms with van der Waals surface area (Å²) in [5.41, 5.74) is 1.07. The number of aromatic nitrogens is 2. The number of halogens is 1. The zero-order valence-corrected chi connectivity index (χ0v) is 12.8. The molecule has 116 valence electrons. The summed E-state index contributed by atoms with van der Waals surface area (Å²) < 4.78 is 13.1. The monoisotopic (exact) mass is 328 g/mol. The molecule has 1 aromatic carbocycles. The number of carbonyl (C=O) groups excluding carboxylic acids is 1. The number of nitrogens with one attached hydrogen (secondary N) is 2. The standard InChI is InChI=1S/C16H13FN4OS/c17-11-4-3-5-12(8-11)19-15(22)9-13-10-23-16(20-13)21-14-6-1-2-7-18-14/h1-8,10H,9H2,(H,19,22)(H,18,20,21). The average Bonchev–Trinajstić information content (AvgIpc) is 2.95. The Morgan fingerprint density at radius 3 is 2.91 bits per heavy atom. The maximum absolute atomic E-state index is 13.1. The largest absolute Gasteiger partial charge is 0.326 e. The van der Waals surface area contributed by atoms with E-state index in [0.29, 0.717) is 22.3 Å². The highest BCUT2D eigenvalue weighted by molar-refractivity contribution is 7.13. The molecule has 5 nitrogen and oxygen atoms in total. The Balaban J connectivity index is 1.59. The molecule has 2 N–H and O–H groups in total. The first-order valence-electron chi connectivity index (χ1n) is 6.87. The number of nitrogens with zero attached hydrogens (tertiary/aromatic N) is 2. The smallest absolute Gasteiger partial charge is 0.230 e. The van der Waals surface area contributed by atoms with Gasteiger partial charge in [-0.1, -0.05) is 12.1 Å². The first kappa shape index (κ1) is 15.1. The summed E-state index contributed by atoms with van der Waals surface area (Å²) in [4.78, 5) is 20.4. The molecule has 3 rings (SSSR count). The molecule has 0 aliphatic carbocycles. The van der Waals surface area contributed by atoms with Crippen molar-refractivity contribution in [2.45, 2.75) is 6.42 Å². The van der Waals surface area contributed by atoms with Gasteiger partial charge in [0.05, 0.1) is 12.1 Å². The number of carbonyl (C=O) groups is 1. The molecule has 0 aliphatic rings. The van der Waals surface area contributed by atoms with Gasteiger partial charge in [0.2, 0.25) is 5.91 Å². The van der Waals surface area contributed by atoms with Crippen molar-refractivity contribution in [1.82, 2.24) is 9.97 Å². The van der Waals surface area contributed by atoms with Gasteiger partial charge in [-0.3, -0.25) is 4.79 Å². The van der Waals surface area contributed by atoms with Crippen LogP contribution in [0.4, 0.5) is 21.0 Å². The van der Waals surface area contributed by atoms with Gasteiger partial charge >= 0.3 is 0 Å². The predicted molar refractivity (Wildman–Crippen MR) is 88.4 cm³/mol. The van der Waals surface area contributed by atoms with Crippen LogP contribution in [0.3, 0.4) is 0 Å². The van der Waals surface area contributed by atoms with Gasteiger partial charge in [0.25, 0.3) is 0 Å². The first-order chi connectivity index (χ1) is 11.2. The highest BCUT2D eigenvalue weighted by Crippen LogP contribution is 2.20. The Bertz CT molecular complexity index is 807. The molecule has 0 spiro atoms. The van der Waals surface area contributed by atoms with Crippen LogP contribution in [0.2, 0.25) is 0 Å². The fourth-order valence-corrected chi connectivity index (χ4v) is 2.64. The van der Waals surface area contributed by atoms with E-state index < -0.39 is 5.82 Å².